The minimum Gasteiger partial charge on any atom is -0.378 e. The van der Waals surface area contributed by atoms with Crippen molar-refractivity contribution >= 4 is 40.7 Å². The van der Waals surface area contributed by atoms with Crippen molar-refractivity contribution < 1.29 is 9.53 Å². The Kier molecular flexibility index (Phi) is 6.27. The second kappa shape index (κ2) is 8.86. The number of amides is 1. The van der Waals surface area contributed by atoms with Gasteiger partial charge in [0.05, 0.1) is 36.1 Å². The quantitative estimate of drug-likeness (QED) is 0.712. The molecule has 4 rings (SSSR count). The second-order valence-corrected chi connectivity index (χ2v) is 6.59. The first-order chi connectivity index (χ1) is 13.7. The first-order valence-corrected chi connectivity index (χ1v) is 9.06. The standard InChI is InChI=1S/C21H19N5O2.ClH/c1-14-5-6-17-19(25-16-4-2-3-15(11-16)12-22)18(13-23-20(17)24-14)21(27)26-7-9-28-10-8-26;/h2-6,11,13H,7-10H2,1H3,(H,23,24,25);1H. The van der Waals surface area contributed by atoms with Crippen LogP contribution in [0.3, 0.4) is 0 Å². The average Bonchev–Trinajstić information content (AvgIpc) is 2.74. The molecule has 0 unspecified atom stereocenters. The maximum Gasteiger partial charge on any atom is 0.257 e. The van der Waals surface area contributed by atoms with Gasteiger partial charge < -0.3 is 15.0 Å². The fourth-order valence-corrected chi connectivity index (χ4v) is 3.22. The van der Waals surface area contributed by atoms with Crippen LogP contribution in [0.15, 0.2) is 42.6 Å². The number of aromatic nitrogens is 2. The molecule has 29 heavy (non-hydrogen) atoms. The summed E-state index contributed by atoms with van der Waals surface area (Å²) in [6, 6.07) is 13.1. The van der Waals surface area contributed by atoms with Crippen molar-refractivity contribution in [2.45, 2.75) is 6.92 Å². The van der Waals surface area contributed by atoms with Gasteiger partial charge in [0.15, 0.2) is 5.65 Å². The molecule has 148 valence electrons. The van der Waals surface area contributed by atoms with Crippen LogP contribution in [0.2, 0.25) is 0 Å². The highest BCUT2D eigenvalue weighted by Crippen LogP contribution is 2.30. The van der Waals surface area contributed by atoms with Gasteiger partial charge in [0.25, 0.3) is 5.91 Å². The molecule has 0 spiro atoms. The molecule has 0 saturated carbocycles. The number of morpholine rings is 1. The van der Waals surface area contributed by atoms with Gasteiger partial charge in [0.1, 0.15) is 0 Å². The number of aryl methyl sites for hydroxylation is 1. The molecular weight excluding hydrogens is 390 g/mol. The van der Waals surface area contributed by atoms with Gasteiger partial charge >= 0.3 is 0 Å². The van der Waals surface area contributed by atoms with Crippen LogP contribution < -0.4 is 5.32 Å². The molecule has 0 bridgehead atoms. The van der Waals surface area contributed by atoms with Crippen LogP contribution in [-0.4, -0.2) is 47.1 Å². The van der Waals surface area contributed by atoms with Gasteiger partial charge in [-0.15, -0.1) is 12.4 Å². The van der Waals surface area contributed by atoms with E-state index in [0.29, 0.717) is 48.8 Å². The van der Waals surface area contributed by atoms with Crippen LogP contribution >= 0.6 is 12.4 Å². The number of anilines is 2. The lowest BCUT2D eigenvalue weighted by atomic mass is 10.1. The maximum atomic E-state index is 13.2. The van der Waals surface area contributed by atoms with Crippen molar-refractivity contribution in [1.82, 2.24) is 14.9 Å². The van der Waals surface area contributed by atoms with Crippen LogP contribution in [0.25, 0.3) is 11.0 Å². The molecule has 7 nitrogen and oxygen atoms in total. The summed E-state index contributed by atoms with van der Waals surface area (Å²) < 4.78 is 5.35. The van der Waals surface area contributed by atoms with Gasteiger partial charge in [-0.3, -0.25) is 4.79 Å². The van der Waals surface area contributed by atoms with Crippen LogP contribution in [0.1, 0.15) is 21.6 Å². The number of pyridine rings is 2. The number of fused-ring (bicyclic) bond motifs is 1. The van der Waals surface area contributed by atoms with Crippen molar-refractivity contribution in [3.05, 3.63) is 59.4 Å². The molecule has 3 aromatic rings. The van der Waals surface area contributed by atoms with Gasteiger partial charge in [0, 0.05) is 36.1 Å². The van der Waals surface area contributed by atoms with E-state index in [9.17, 15) is 10.1 Å². The largest absolute Gasteiger partial charge is 0.378 e. The zero-order valence-electron chi connectivity index (χ0n) is 15.9. The maximum absolute atomic E-state index is 13.2. The molecule has 2 aromatic heterocycles. The normalized spacial score (nSPS) is 13.4. The Balaban J connectivity index is 0.00000240. The monoisotopic (exact) mass is 409 g/mol. The topological polar surface area (TPSA) is 91.1 Å². The lowest BCUT2D eigenvalue weighted by Gasteiger charge is -2.27. The number of carbonyl (C=O) groups is 1. The van der Waals surface area contributed by atoms with E-state index >= 15 is 0 Å². The third-order valence-corrected chi connectivity index (χ3v) is 4.66. The second-order valence-electron chi connectivity index (χ2n) is 6.59. The highest BCUT2D eigenvalue weighted by Gasteiger charge is 2.23. The molecule has 0 atom stereocenters. The molecule has 1 N–H and O–H groups in total. The molecule has 1 aliphatic heterocycles. The summed E-state index contributed by atoms with van der Waals surface area (Å²) >= 11 is 0. The number of halogens is 1. The fraction of sp³-hybridized carbons (Fsp3) is 0.238. The molecule has 0 radical (unpaired) electrons. The Labute approximate surface area is 174 Å². The SMILES string of the molecule is Cc1ccc2c(Nc3cccc(C#N)c3)c(C(=O)N3CCOCC3)cnc2n1.Cl. The number of rotatable bonds is 3. The third-order valence-electron chi connectivity index (χ3n) is 4.66. The molecule has 1 amide bonds. The zero-order chi connectivity index (χ0) is 19.5. The Morgan fingerprint density at radius 1 is 1.24 bits per heavy atom. The number of hydrogen-bond donors (Lipinski definition) is 1. The summed E-state index contributed by atoms with van der Waals surface area (Å²) in [6.07, 6.45) is 1.57. The Hall–Kier alpha value is -3.21. The van der Waals surface area contributed by atoms with E-state index in [1.54, 1.807) is 29.3 Å². The van der Waals surface area contributed by atoms with Crippen molar-refractivity contribution in [3.8, 4) is 6.07 Å². The number of ether oxygens (including phenoxy) is 1. The van der Waals surface area contributed by atoms with E-state index in [2.05, 4.69) is 21.4 Å². The van der Waals surface area contributed by atoms with Crippen LogP contribution in [0.5, 0.6) is 0 Å². The first kappa shape index (κ1) is 20.5. The smallest absolute Gasteiger partial charge is 0.257 e. The van der Waals surface area contributed by atoms with Crippen LogP contribution in [0.4, 0.5) is 11.4 Å². The third kappa shape index (κ3) is 4.29. The van der Waals surface area contributed by atoms with E-state index in [1.165, 1.54) is 0 Å². The van der Waals surface area contributed by atoms with E-state index in [0.717, 1.165) is 16.8 Å². The molecule has 1 aromatic carbocycles. The lowest BCUT2D eigenvalue weighted by Crippen LogP contribution is -2.41. The van der Waals surface area contributed by atoms with E-state index < -0.39 is 0 Å². The van der Waals surface area contributed by atoms with Gasteiger partial charge in [-0.25, -0.2) is 9.97 Å². The zero-order valence-corrected chi connectivity index (χ0v) is 16.7. The van der Waals surface area contributed by atoms with Crippen molar-refractivity contribution in [3.63, 3.8) is 0 Å². The van der Waals surface area contributed by atoms with Crippen LogP contribution in [-0.2, 0) is 4.74 Å². The van der Waals surface area contributed by atoms with Crippen molar-refractivity contribution in [1.29, 1.82) is 5.26 Å². The molecular formula is C21H20ClN5O2. The van der Waals surface area contributed by atoms with Gasteiger partial charge in [-0.2, -0.15) is 5.26 Å². The number of carbonyl (C=O) groups excluding carboxylic acids is 1. The minimum absolute atomic E-state index is 0. The van der Waals surface area contributed by atoms with Gasteiger partial charge in [-0.1, -0.05) is 6.07 Å². The van der Waals surface area contributed by atoms with Crippen molar-refractivity contribution in [2.75, 3.05) is 31.6 Å². The summed E-state index contributed by atoms with van der Waals surface area (Å²) in [4.78, 5) is 23.8. The summed E-state index contributed by atoms with van der Waals surface area (Å²) in [5, 5.41) is 13.2. The minimum atomic E-state index is -0.0998. The number of nitriles is 1. The van der Waals surface area contributed by atoms with Gasteiger partial charge in [0.2, 0.25) is 0 Å². The number of nitrogens with one attached hydrogen (secondary N) is 1. The summed E-state index contributed by atoms with van der Waals surface area (Å²) in [5.41, 5.74) is 3.80. The molecule has 3 heterocycles. The molecule has 8 heteroatoms. The molecule has 1 aliphatic rings. The molecule has 1 saturated heterocycles. The number of hydrogen-bond acceptors (Lipinski definition) is 6. The van der Waals surface area contributed by atoms with Crippen molar-refractivity contribution in [2.24, 2.45) is 0 Å². The van der Waals surface area contributed by atoms with E-state index in [-0.39, 0.29) is 18.3 Å². The summed E-state index contributed by atoms with van der Waals surface area (Å²) in [5.74, 6) is -0.0998. The predicted octanol–water partition coefficient (Wildman–Crippen LogP) is 3.45. The molecule has 1 fully saturated rings. The molecule has 0 aliphatic carbocycles. The van der Waals surface area contributed by atoms with Gasteiger partial charge in [-0.05, 0) is 37.3 Å². The highest BCUT2D eigenvalue weighted by atomic mass is 35.5. The highest BCUT2D eigenvalue weighted by molar-refractivity contribution is 6.07. The number of nitrogens with zero attached hydrogens (tertiary/aromatic N) is 4. The Morgan fingerprint density at radius 2 is 2.03 bits per heavy atom. The average molecular weight is 410 g/mol. The Morgan fingerprint density at radius 3 is 2.79 bits per heavy atom. The fourth-order valence-electron chi connectivity index (χ4n) is 3.22. The first-order valence-electron chi connectivity index (χ1n) is 9.06. The predicted molar refractivity (Wildman–Crippen MR) is 113 cm³/mol. The van der Waals surface area contributed by atoms with E-state index in [4.69, 9.17) is 4.74 Å². The summed E-state index contributed by atoms with van der Waals surface area (Å²) in [6.45, 7) is 4.05. The number of benzene rings is 1. The summed E-state index contributed by atoms with van der Waals surface area (Å²) in [7, 11) is 0. The van der Waals surface area contributed by atoms with Crippen LogP contribution in [0, 0.1) is 18.3 Å². The lowest BCUT2D eigenvalue weighted by molar-refractivity contribution is 0.0303. The van der Waals surface area contributed by atoms with E-state index in [1.807, 2.05) is 25.1 Å². The Bertz CT molecular complexity index is 1090.